The highest BCUT2D eigenvalue weighted by atomic mass is 32.1. The van der Waals surface area contributed by atoms with E-state index in [0.717, 1.165) is 0 Å². The third kappa shape index (κ3) is 2.78. The van der Waals surface area contributed by atoms with Gasteiger partial charge < -0.3 is 4.74 Å². The van der Waals surface area contributed by atoms with Gasteiger partial charge in [0.1, 0.15) is 17.3 Å². The van der Waals surface area contributed by atoms with Crippen LogP contribution in [0.3, 0.4) is 0 Å². The van der Waals surface area contributed by atoms with Gasteiger partial charge in [0, 0.05) is 21.8 Å². The number of hydrogen-bond acceptors (Lipinski definition) is 7. The van der Waals surface area contributed by atoms with E-state index in [1.165, 1.54) is 39.3 Å². The second kappa shape index (κ2) is 6.26. The van der Waals surface area contributed by atoms with Gasteiger partial charge in [-0.1, -0.05) is 17.4 Å². The summed E-state index contributed by atoms with van der Waals surface area (Å²) in [5.74, 6) is -0.902. The van der Waals surface area contributed by atoms with Crippen molar-refractivity contribution >= 4 is 43.7 Å². The van der Waals surface area contributed by atoms with E-state index in [2.05, 4.69) is 10.1 Å². The van der Waals surface area contributed by atoms with E-state index in [0.29, 0.717) is 36.2 Å². The summed E-state index contributed by atoms with van der Waals surface area (Å²) in [5.41, 5.74) is 0.883. The van der Waals surface area contributed by atoms with Crippen molar-refractivity contribution in [2.24, 2.45) is 0 Å². The Kier molecular flexibility index (Phi) is 4.04. The van der Waals surface area contributed by atoms with Crippen LogP contribution in [0, 0.1) is 19.7 Å². The lowest BCUT2D eigenvalue weighted by atomic mass is 10.1. The fraction of sp³-hybridized carbons (Fsp3) is 0.176. The van der Waals surface area contributed by atoms with Gasteiger partial charge in [-0.25, -0.2) is 14.2 Å². The predicted molar refractivity (Wildman–Crippen MR) is 97.5 cm³/mol. The highest BCUT2D eigenvalue weighted by Gasteiger charge is 2.19. The van der Waals surface area contributed by atoms with Gasteiger partial charge in [0.2, 0.25) is 4.96 Å². The lowest BCUT2D eigenvalue weighted by Gasteiger charge is -2.01. The van der Waals surface area contributed by atoms with Crippen molar-refractivity contribution in [2.45, 2.75) is 20.5 Å². The molecule has 3 aromatic heterocycles. The van der Waals surface area contributed by atoms with Crippen LogP contribution in [0.15, 0.2) is 29.1 Å². The zero-order valence-electron chi connectivity index (χ0n) is 13.8. The molecule has 0 atom stereocenters. The van der Waals surface area contributed by atoms with E-state index in [-0.39, 0.29) is 18.0 Å². The number of ether oxygens (including phenoxy) is 1. The number of benzene rings is 1. The molecule has 4 aromatic rings. The summed E-state index contributed by atoms with van der Waals surface area (Å²) in [7, 11) is 0. The summed E-state index contributed by atoms with van der Waals surface area (Å²) in [6, 6.07) is 6.13. The van der Waals surface area contributed by atoms with Crippen LogP contribution in [0.5, 0.6) is 0 Å². The number of hydrogen-bond donors (Lipinski definition) is 0. The molecule has 26 heavy (non-hydrogen) atoms. The van der Waals surface area contributed by atoms with Crippen molar-refractivity contribution in [2.75, 3.05) is 0 Å². The molecule has 6 nitrogen and oxygen atoms in total. The normalized spacial score (nSPS) is 11.3. The maximum absolute atomic E-state index is 14.0. The molecule has 1 aromatic carbocycles. The molecule has 9 heteroatoms. The fourth-order valence-corrected chi connectivity index (χ4v) is 4.63. The van der Waals surface area contributed by atoms with Crippen LogP contribution in [-0.2, 0) is 11.3 Å². The van der Waals surface area contributed by atoms with Gasteiger partial charge in [0.15, 0.2) is 5.01 Å². The molecule has 0 saturated carbocycles. The first-order chi connectivity index (χ1) is 12.4. The topological polar surface area (TPSA) is 73.6 Å². The molecule has 4 rings (SSSR count). The number of nitrogens with zero attached hydrogens (tertiary/aromatic N) is 3. The largest absolute Gasteiger partial charge is 0.454 e. The molecule has 0 aliphatic heterocycles. The van der Waals surface area contributed by atoms with Gasteiger partial charge in [0.05, 0.1) is 0 Å². The maximum atomic E-state index is 14.0. The third-order valence-electron chi connectivity index (χ3n) is 3.83. The zero-order valence-corrected chi connectivity index (χ0v) is 15.4. The number of aryl methyl sites for hydroxylation is 2. The fourth-order valence-electron chi connectivity index (χ4n) is 2.66. The molecule has 0 spiro atoms. The van der Waals surface area contributed by atoms with Gasteiger partial charge in [-0.2, -0.15) is 9.61 Å². The highest BCUT2D eigenvalue weighted by molar-refractivity contribution is 7.21. The minimum absolute atomic E-state index is 0.0818. The molecule has 0 radical (unpaired) electrons. The summed E-state index contributed by atoms with van der Waals surface area (Å²) < 4.78 is 21.2. The van der Waals surface area contributed by atoms with Gasteiger partial charge in [-0.05, 0) is 31.5 Å². The number of esters is 1. The van der Waals surface area contributed by atoms with Crippen LogP contribution < -0.4 is 5.56 Å². The Morgan fingerprint density at radius 1 is 1.31 bits per heavy atom. The Balaban J connectivity index is 1.60. The molecule has 132 valence electrons. The Labute approximate surface area is 154 Å². The van der Waals surface area contributed by atoms with Crippen LogP contribution in [0.1, 0.15) is 25.9 Å². The Morgan fingerprint density at radius 2 is 2.12 bits per heavy atom. The lowest BCUT2D eigenvalue weighted by molar-refractivity contribution is 0.0476. The van der Waals surface area contributed by atoms with Crippen molar-refractivity contribution in [1.82, 2.24) is 14.6 Å². The molecular formula is C17H12FN3O3S2. The zero-order chi connectivity index (χ0) is 18.4. The van der Waals surface area contributed by atoms with E-state index in [1.807, 2.05) is 0 Å². The van der Waals surface area contributed by atoms with Crippen molar-refractivity contribution in [3.05, 3.63) is 61.6 Å². The van der Waals surface area contributed by atoms with Crippen LogP contribution in [0.4, 0.5) is 4.39 Å². The van der Waals surface area contributed by atoms with E-state index in [4.69, 9.17) is 4.74 Å². The molecule has 0 bridgehead atoms. The summed E-state index contributed by atoms with van der Waals surface area (Å²) in [5, 5.41) is 5.02. The number of carbonyl (C=O) groups excluding carboxylic acids is 1. The number of halogens is 1. The molecule has 0 unspecified atom stereocenters. The first-order valence-electron chi connectivity index (χ1n) is 7.65. The monoisotopic (exact) mass is 389 g/mol. The molecule has 0 amide bonds. The Hall–Kier alpha value is -2.65. The second-order valence-corrected chi connectivity index (χ2v) is 7.76. The van der Waals surface area contributed by atoms with Gasteiger partial charge in [0.25, 0.3) is 5.56 Å². The third-order valence-corrected chi connectivity index (χ3v) is 5.95. The Morgan fingerprint density at radius 3 is 2.88 bits per heavy atom. The van der Waals surface area contributed by atoms with Crippen molar-refractivity contribution in [3.8, 4) is 0 Å². The summed E-state index contributed by atoms with van der Waals surface area (Å²) in [6.45, 7) is 3.34. The van der Waals surface area contributed by atoms with Gasteiger partial charge >= 0.3 is 5.97 Å². The van der Waals surface area contributed by atoms with E-state index in [1.54, 1.807) is 26.0 Å². The van der Waals surface area contributed by atoms with E-state index >= 15 is 0 Å². The van der Waals surface area contributed by atoms with Crippen LogP contribution in [-0.4, -0.2) is 20.6 Å². The quantitative estimate of drug-likeness (QED) is 0.502. The van der Waals surface area contributed by atoms with Crippen molar-refractivity contribution in [3.63, 3.8) is 0 Å². The van der Waals surface area contributed by atoms with Crippen molar-refractivity contribution < 1.29 is 13.9 Å². The lowest BCUT2D eigenvalue weighted by Crippen LogP contribution is -2.14. The van der Waals surface area contributed by atoms with E-state index < -0.39 is 5.97 Å². The average molecular weight is 389 g/mol. The first-order valence-corrected chi connectivity index (χ1v) is 9.28. The van der Waals surface area contributed by atoms with Crippen molar-refractivity contribution in [1.29, 1.82) is 0 Å². The SMILES string of the molecule is Cc1cc(=O)n2nc(COC(=O)c3sc4cccc(F)c4c3C)sc2n1. The minimum atomic E-state index is -0.543. The highest BCUT2D eigenvalue weighted by Crippen LogP contribution is 2.33. The number of aromatic nitrogens is 3. The molecular weight excluding hydrogens is 377 g/mol. The second-order valence-electron chi connectivity index (χ2n) is 5.67. The van der Waals surface area contributed by atoms with Gasteiger partial charge in [-0.15, -0.1) is 11.3 Å². The summed E-state index contributed by atoms with van der Waals surface area (Å²) in [4.78, 5) is 29.3. The molecule has 3 heterocycles. The minimum Gasteiger partial charge on any atom is -0.454 e. The van der Waals surface area contributed by atoms with E-state index in [9.17, 15) is 14.0 Å². The number of rotatable bonds is 3. The summed E-state index contributed by atoms with van der Waals surface area (Å²) >= 11 is 2.37. The standard InChI is InChI=1S/C17H12FN3O3S2/c1-8-6-13(22)21-17(19-8)26-12(20-21)7-24-16(23)15-9(2)14-10(18)4-3-5-11(14)25-15/h3-6H,7H2,1-2H3. The average Bonchev–Trinajstić information content (AvgIpc) is 3.15. The molecule has 0 aliphatic carbocycles. The maximum Gasteiger partial charge on any atom is 0.349 e. The Bertz CT molecular complexity index is 1230. The van der Waals surface area contributed by atoms with Gasteiger partial charge in [-0.3, -0.25) is 4.79 Å². The molecule has 0 N–H and O–H groups in total. The molecule has 0 saturated heterocycles. The number of fused-ring (bicyclic) bond motifs is 2. The predicted octanol–water partition coefficient (Wildman–Crippen LogP) is 3.48. The first kappa shape index (κ1) is 16.8. The number of carbonyl (C=O) groups is 1. The van der Waals surface area contributed by atoms with Crippen LogP contribution >= 0.6 is 22.7 Å². The number of thiophene rings is 1. The van der Waals surface area contributed by atoms with Crippen LogP contribution in [0.25, 0.3) is 15.0 Å². The molecule has 0 aliphatic rings. The molecule has 0 fully saturated rings. The smallest absolute Gasteiger partial charge is 0.349 e. The van der Waals surface area contributed by atoms with Crippen LogP contribution in [0.2, 0.25) is 0 Å². The summed E-state index contributed by atoms with van der Waals surface area (Å²) in [6.07, 6.45) is 0.